The summed E-state index contributed by atoms with van der Waals surface area (Å²) in [6, 6.07) is 0. The summed E-state index contributed by atoms with van der Waals surface area (Å²) in [5.74, 6) is 0. The summed E-state index contributed by atoms with van der Waals surface area (Å²) >= 11 is 0. The van der Waals surface area contributed by atoms with Crippen LogP contribution >= 0.6 is 0 Å². The third kappa shape index (κ3) is 2.79. The molecule has 0 aromatic heterocycles. The molecule has 0 aliphatic rings. The normalized spacial score (nSPS) is 12.0. The van der Waals surface area contributed by atoms with Gasteiger partial charge in [-0.2, -0.15) is 0 Å². The van der Waals surface area contributed by atoms with E-state index in [1.807, 2.05) is 0 Å². The molecule has 0 aromatic carbocycles. The topological polar surface area (TPSA) is 72.3 Å². The second kappa shape index (κ2) is 3.82. The Morgan fingerprint density at radius 2 is 1.78 bits per heavy atom. The van der Waals surface area contributed by atoms with Crippen molar-refractivity contribution in [1.29, 1.82) is 0 Å². The fourth-order valence-corrected chi connectivity index (χ4v) is 0.617. The maximum Gasteiger partial charge on any atom is 0.0890 e. The SMILES string of the molecule is [CH2]CCC(O)(CN)CN. The molecular weight excluding hydrogens is 116 g/mol. The highest BCUT2D eigenvalue weighted by molar-refractivity contribution is 4.80. The Labute approximate surface area is 56.0 Å². The number of hydrogen-bond acceptors (Lipinski definition) is 3. The third-order valence-electron chi connectivity index (χ3n) is 1.40. The molecule has 0 aromatic rings. The van der Waals surface area contributed by atoms with Gasteiger partial charge in [0.2, 0.25) is 0 Å². The molecule has 3 nitrogen and oxygen atoms in total. The van der Waals surface area contributed by atoms with Crippen LogP contribution < -0.4 is 11.5 Å². The number of hydrogen-bond donors (Lipinski definition) is 3. The second-order valence-corrected chi connectivity index (χ2v) is 2.24. The van der Waals surface area contributed by atoms with Crippen LogP contribution in [0.1, 0.15) is 12.8 Å². The molecule has 0 heterocycles. The summed E-state index contributed by atoms with van der Waals surface area (Å²) in [4.78, 5) is 0. The van der Waals surface area contributed by atoms with E-state index in [0.717, 1.165) is 0 Å². The Morgan fingerprint density at radius 1 is 1.33 bits per heavy atom. The predicted molar refractivity (Wildman–Crippen MR) is 37.6 cm³/mol. The van der Waals surface area contributed by atoms with Crippen molar-refractivity contribution in [3.05, 3.63) is 6.92 Å². The number of nitrogens with two attached hydrogens (primary N) is 2. The van der Waals surface area contributed by atoms with Crippen LogP contribution in [0.3, 0.4) is 0 Å². The number of rotatable bonds is 4. The number of aliphatic hydroxyl groups is 1. The second-order valence-electron chi connectivity index (χ2n) is 2.24. The zero-order valence-electron chi connectivity index (χ0n) is 5.64. The first-order chi connectivity index (χ1) is 4.18. The molecule has 0 amide bonds. The van der Waals surface area contributed by atoms with E-state index in [2.05, 4.69) is 6.92 Å². The van der Waals surface area contributed by atoms with Gasteiger partial charge in [0.15, 0.2) is 0 Å². The van der Waals surface area contributed by atoms with Crippen LogP contribution in [0.15, 0.2) is 0 Å². The molecule has 0 spiro atoms. The monoisotopic (exact) mass is 131 g/mol. The highest BCUT2D eigenvalue weighted by Crippen LogP contribution is 2.07. The molecule has 0 saturated carbocycles. The van der Waals surface area contributed by atoms with Crippen molar-refractivity contribution in [2.24, 2.45) is 11.5 Å². The lowest BCUT2D eigenvalue weighted by Crippen LogP contribution is -2.44. The van der Waals surface area contributed by atoms with Crippen LogP contribution in [-0.4, -0.2) is 23.8 Å². The van der Waals surface area contributed by atoms with Gasteiger partial charge in [0, 0.05) is 13.1 Å². The van der Waals surface area contributed by atoms with Crippen molar-refractivity contribution in [1.82, 2.24) is 0 Å². The average molecular weight is 131 g/mol. The molecule has 0 aliphatic heterocycles. The lowest BCUT2D eigenvalue weighted by atomic mass is 9.99. The highest BCUT2D eigenvalue weighted by atomic mass is 16.3. The van der Waals surface area contributed by atoms with E-state index in [9.17, 15) is 5.11 Å². The lowest BCUT2D eigenvalue weighted by molar-refractivity contribution is 0.0501. The zero-order chi connectivity index (χ0) is 7.33. The summed E-state index contributed by atoms with van der Waals surface area (Å²) in [5.41, 5.74) is 9.62. The van der Waals surface area contributed by atoms with Gasteiger partial charge in [0.05, 0.1) is 5.60 Å². The molecule has 0 unspecified atom stereocenters. The maximum absolute atomic E-state index is 9.34. The minimum atomic E-state index is -0.873. The third-order valence-corrected chi connectivity index (χ3v) is 1.40. The fraction of sp³-hybridized carbons (Fsp3) is 0.833. The molecule has 5 N–H and O–H groups in total. The minimum Gasteiger partial charge on any atom is -0.387 e. The van der Waals surface area contributed by atoms with Crippen molar-refractivity contribution in [3.8, 4) is 0 Å². The van der Waals surface area contributed by atoms with Gasteiger partial charge < -0.3 is 16.6 Å². The van der Waals surface area contributed by atoms with E-state index in [1.165, 1.54) is 0 Å². The minimum absolute atomic E-state index is 0.221. The molecule has 0 rings (SSSR count). The van der Waals surface area contributed by atoms with E-state index >= 15 is 0 Å². The molecule has 1 radical (unpaired) electrons. The highest BCUT2D eigenvalue weighted by Gasteiger charge is 2.20. The van der Waals surface area contributed by atoms with Crippen LogP contribution in [0.2, 0.25) is 0 Å². The van der Waals surface area contributed by atoms with Crippen molar-refractivity contribution in [2.75, 3.05) is 13.1 Å². The maximum atomic E-state index is 9.34. The van der Waals surface area contributed by atoms with E-state index < -0.39 is 5.60 Å². The fourth-order valence-electron chi connectivity index (χ4n) is 0.617. The van der Waals surface area contributed by atoms with Crippen molar-refractivity contribution >= 4 is 0 Å². The molecular formula is C6H15N2O. The first-order valence-corrected chi connectivity index (χ1v) is 3.10. The van der Waals surface area contributed by atoms with Crippen molar-refractivity contribution in [3.63, 3.8) is 0 Å². The summed E-state index contributed by atoms with van der Waals surface area (Å²) in [7, 11) is 0. The Hall–Kier alpha value is -0.120. The van der Waals surface area contributed by atoms with Gasteiger partial charge in [-0.25, -0.2) is 0 Å². The molecule has 0 bridgehead atoms. The van der Waals surface area contributed by atoms with Gasteiger partial charge in [0.1, 0.15) is 0 Å². The smallest absolute Gasteiger partial charge is 0.0890 e. The van der Waals surface area contributed by atoms with E-state index in [0.29, 0.717) is 12.8 Å². The summed E-state index contributed by atoms with van der Waals surface area (Å²) in [5, 5.41) is 9.34. The molecule has 55 valence electrons. The van der Waals surface area contributed by atoms with Crippen LogP contribution in [0.25, 0.3) is 0 Å². The molecule has 0 saturated heterocycles. The molecule has 0 atom stereocenters. The molecule has 9 heavy (non-hydrogen) atoms. The standard InChI is InChI=1S/C6H15N2O/c1-2-3-6(9,4-7)5-8/h9H,1-5,7-8H2. The summed E-state index contributed by atoms with van der Waals surface area (Å²) in [6.45, 7) is 4.04. The largest absolute Gasteiger partial charge is 0.387 e. The van der Waals surface area contributed by atoms with Crippen LogP contribution in [0, 0.1) is 6.92 Å². The van der Waals surface area contributed by atoms with Crippen LogP contribution in [0.5, 0.6) is 0 Å². The van der Waals surface area contributed by atoms with Gasteiger partial charge in [-0.15, -0.1) is 0 Å². The van der Waals surface area contributed by atoms with Crippen molar-refractivity contribution < 1.29 is 5.11 Å². The quantitative estimate of drug-likeness (QED) is 0.470. The molecule has 3 heteroatoms. The summed E-state index contributed by atoms with van der Waals surface area (Å²) < 4.78 is 0. The van der Waals surface area contributed by atoms with Gasteiger partial charge in [-0.1, -0.05) is 13.3 Å². The Bertz CT molecular complexity index is 71.5. The van der Waals surface area contributed by atoms with Crippen LogP contribution in [0.4, 0.5) is 0 Å². The van der Waals surface area contributed by atoms with Crippen LogP contribution in [-0.2, 0) is 0 Å². The van der Waals surface area contributed by atoms with Gasteiger partial charge in [0.25, 0.3) is 0 Å². The lowest BCUT2D eigenvalue weighted by Gasteiger charge is -2.23. The van der Waals surface area contributed by atoms with E-state index in [4.69, 9.17) is 11.5 Å². The first kappa shape index (κ1) is 8.88. The first-order valence-electron chi connectivity index (χ1n) is 3.10. The van der Waals surface area contributed by atoms with Gasteiger partial charge in [-0.3, -0.25) is 0 Å². The predicted octanol–water partition coefficient (Wildman–Crippen LogP) is -0.751. The van der Waals surface area contributed by atoms with Gasteiger partial charge in [-0.05, 0) is 6.42 Å². The molecule has 0 fully saturated rings. The van der Waals surface area contributed by atoms with Gasteiger partial charge >= 0.3 is 0 Å². The van der Waals surface area contributed by atoms with E-state index in [1.54, 1.807) is 0 Å². The summed E-state index contributed by atoms with van der Waals surface area (Å²) in [6.07, 6.45) is 1.25. The van der Waals surface area contributed by atoms with Crippen molar-refractivity contribution in [2.45, 2.75) is 18.4 Å². The Morgan fingerprint density at radius 3 is 1.89 bits per heavy atom. The van der Waals surface area contributed by atoms with E-state index in [-0.39, 0.29) is 13.1 Å². The Balaban J connectivity index is 3.62. The zero-order valence-corrected chi connectivity index (χ0v) is 5.64. The Kier molecular flexibility index (Phi) is 3.77. The molecule has 0 aliphatic carbocycles. The average Bonchev–Trinajstić information content (AvgIpc) is 1.89.